The largest absolute Gasteiger partial charge is 0.508 e. The Kier molecular flexibility index (Phi) is 4.83. The second-order valence-electron chi connectivity index (χ2n) is 5.42. The standard InChI is InChI=1S/C16H25NO2/c1-4-14-11-19-12(3)10-17(14)16(5-2)13-6-8-15(18)9-7-13/h6-9,12,14,16,18H,4-5,10-11H2,1-3H3. The third-order valence-corrected chi connectivity index (χ3v) is 4.05. The van der Waals surface area contributed by atoms with E-state index in [0.29, 0.717) is 23.9 Å². The molecule has 0 amide bonds. The van der Waals surface area contributed by atoms with Gasteiger partial charge < -0.3 is 9.84 Å². The van der Waals surface area contributed by atoms with E-state index in [4.69, 9.17) is 4.74 Å². The van der Waals surface area contributed by atoms with Gasteiger partial charge in [0.2, 0.25) is 0 Å². The van der Waals surface area contributed by atoms with Gasteiger partial charge in [-0.3, -0.25) is 4.90 Å². The Labute approximate surface area is 116 Å². The Morgan fingerprint density at radius 1 is 1.32 bits per heavy atom. The van der Waals surface area contributed by atoms with Crippen molar-refractivity contribution < 1.29 is 9.84 Å². The van der Waals surface area contributed by atoms with Gasteiger partial charge in [-0.15, -0.1) is 0 Å². The molecular formula is C16H25NO2. The number of benzene rings is 1. The molecule has 0 radical (unpaired) electrons. The molecule has 3 heteroatoms. The second-order valence-corrected chi connectivity index (χ2v) is 5.42. The summed E-state index contributed by atoms with van der Waals surface area (Å²) < 4.78 is 5.78. The predicted octanol–water partition coefficient (Wildman–Crippen LogP) is 3.34. The molecule has 1 aliphatic heterocycles. The molecule has 1 fully saturated rings. The molecule has 3 atom stereocenters. The molecule has 0 aliphatic carbocycles. The van der Waals surface area contributed by atoms with Crippen molar-refractivity contribution in [2.75, 3.05) is 13.2 Å². The minimum Gasteiger partial charge on any atom is -0.508 e. The second kappa shape index (κ2) is 6.40. The lowest BCUT2D eigenvalue weighted by Crippen LogP contribution is -2.49. The third-order valence-electron chi connectivity index (χ3n) is 4.05. The van der Waals surface area contributed by atoms with Crippen LogP contribution in [0.1, 0.15) is 45.2 Å². The van der Waals surface area contributed by atoms with Crippen LogP contribution < -0.4 is 0 Å². The lowest BCUT2D eigenvalue weighted by molar-refractivity contribution is -0.0738. The quantitative estimate of drug-likeness (QED) is 0.904. The summed E-state index contributed by atoms with van der Waals surface area (Å²) in [6.45, 7) is 8.40. The number of aromatic hydroxyl groups is 1. The van der Waals surface area contributed by atoms with Crippen LogP contribution in [0.3, 0.4) is 0 Å². The van der Waals surface area contributed by atoms with Gasteiger partial charge in [0.05, 0.1) is 12.7 Å². The van der Waals surface area contributed by atoms with Crippen molar-refractivity contribution in [3.63, 3.8) is 0 Å². The van der Waals surface area contributed by atoms with Gasteiger partial charge in [0.15, 0.2) is 0 Å². The van der Waals surface area contributed by atoms with E-state index >= 15 is 0 Å². The zero-order valence-electron chi connectivity index (χ0n) is 12.2. The van der Waals surface area contributed by atoms with Crippen LogP contribution in [0.4, 0.5) is 0 Å². The highest BCUT2D eigenvalue weighted by atomic mass is 16.5. The topological polar surface area (TPSA) is 32.7 Å². The van der Waals surface area contributed by atoms with Crippen LogP contribution >= 0.6 is 0 Å². The highest BCUT2D eigenvalue weighted by molar-refractivity contribution is 5.28. The number of nitrogens with zero attached hydrogens (tertiary/aromatic N) is 1. The number of hydrogen-bond acceptors (Lipinski definition) is 3. The maximum absolute atomic E-state index is 9.43. The molecule has 1 aliphatic rings. The SMILES string of the molecule is CCC1COC(C)CN1C(CC)c1ccc(O)cc1. The van der Waals surface area contributed by atoms with Crippen molar-refractivity contribution in [2.45, 2.75) is 51.8 Å². The van der Waals surface area contributed by atoms with Crippen molar-refractivity contribution in [2.24, 2.45) is 0 Å². The van der Waals surface area contributed by atoms with Gasteiger partial charge in [0, 0.05) is 18.6 Å². The van der Waals surface area contributed by atoms with Crippen molar-refractivity contribution in [3.05, 3.63) is 29.8 Å². The number of phenols is 1. The Bertz CT molecular complexity index is 390. The van der Waals surface area contributed by atoms with E-state index in [-0.39, 0.29) is 0 Å². The number of rotatable bonds is 4. The average molecular weight is 263 g/mol. The zero-order valence-corrected chi connectivity index (χ0v) is 12.2. The molecule has 1 aromatic rings. The fourth-order valence-corrected chi connectivity index (χ4v) is 2.96. The monoisotopic (exact) mass is 263 g/mol. The summed E-state index contributed by atoms with van der Waals surface area (Å²) in [7, 11) is 0. The first kappa shape index (κ1) is 14.4. The summed E-state index contributed by atoms with van der Waals surface area (Å²) in [5, 5.41) is 9.43. The van der Waals surface area contributed by atoms with Gasteiger partial charge in [-0.2, -0.15) is 0 Å². The molecule has 19 heavy (non-hydrogen) atoms. The van der Waals surface area contributed by atoms with Gasteiger partial charge in [0.25, 0.3) is 0 Å². The van der Waals surface area contributed by atoms with E-state index in [0.717, 1.165) is 26.0 Å². The fourth-order valence-electron chi connectivity index (χ4n) is 2.96. The first-order chi connectivity index (χ1) is 9.15. The molecule has 0 saturated carbocycles. The Balaban J connectivity index is 2.21. The molecule has 1 aromatic carbocycles. The van der Waals surface area contributed by atoms with E-state index in [2.05, 4.69) is 25.7 Å². The Morgan fingerprint density at radius 2 is 2.00 bits per heavy atom. The summed E-state index contributed by atoms with van der Waals surface area (Å²) in [6.07, 6.45) is 2.49. The predicted molar refractivity (Wildman–Crippen MR) is 77.3 cm³/mol. The highest BCUT2D eigenvalue weighted by Crippen LogP contribution is 2.30. The van der Waals surface area contributed by atoms with Gasteiger partial charge in [0.1, 0.15) is 5.75 Å². The maximum Gasteiger partial charge on any atom is 0.115 e. The smallest absolute Gasteiger partial charge is 0.115 e. The van der Waals surface area contributed by atoms with Gasteiger partial charge in [-0.05, 0) is 37.5 Å². The molecule has 3 nitrogen and oxygen atoms in total. The Morgan fingerprint density at radius 3 is 2.58 bits per heavy atom. The van der Waals surface area contributed by atoms with Crippen LogP contribution in [0.15, 0.2) is 24.3 Å². The minimum absolute atomic E-state index is 0.300. The maximum atomic E-state index is 9.43. The molecule has 0 spiro atoms. The summed E-state index contributed by atoms with van der Waals surface area (Å²) >= 11 is 0. The number of phenolic OH excluding ortho intramolecular Hbond substituents is 1. The fraction of sp³-hybridized carbons (Fsp3) is 0.625. The number of hydrogen-bond donors (Lipinski definition) is 1. The van der Waals surface area contributed by atoms with E-state index in [1.807, 2.05) is 12.1 Å². The van der Waals surface area contributed by atoms with Crippen molar-refractivity contribution >= 4 is 0 Å². The van der Waals surface area contributed by atoms with Crippen LogP contribution in [0.2, 0.25) is 0 Å². The summed E-state index contributed by atoms with van der Waals surface area (Å²) in [5.74, 6) is 0.334. The summed E-state index contributed by atoms with van der Waals surface area (Å²) in [5.41, 5.74) is 1.29. The molecule has 0 bridgehead atoms. The first-order valence-corrected chi connectivity index (χ1v) is 7.32. The van der Waals surface area contributed by atoms with E-state index in [9.17, 15) is 5.11 Å². The van der Waals surface area contributed by atoms with E-state index in [1.54, 1.807) is 12.1 Å². The van der Waals surface area contributed by atoms with Crippen molar-refractivity contribution in [1.29, 1.82) is 0 Å². The molecular weight excluding hydrogens is 238 g/mol. The third kappa shape index (κ3) is 3.28. The summed E-state index contributed by atoms with van der Waals surface area (Å²) in [4.78, 5) is 2.57. The van der Waals surface area contributed by atoms with Crippen LogP contribution in [-0.4, -0.2) is 35.3 Å². The lowest BCUT2D eigenvalue weighted by Gasteiger charge is -2.43. The number of morpholine rings is 1. The minimum atomic E-state index is 0.300. The number of ether oxygens (including phenoxy) is 1. The highest BCUT2D eigenvalue weighted by Gasteiger charge is 2.31. The molecule has 3 unspecified atom stereocenters. The molecule has 1 N–H and O–H groups in total. The zero-order chi connectivity index (χ0) is 13.8. The van der Waals surface area contributed by atoms with Gasteiger partial charge in [-0.25, -0.2) is 0 Å². The Hall–Kier alpha value is -1.06. The van der Waals surface area contributed by atoms with Crippen LogP contribution in [0.25, 0.3) is 0 Å². The molecule has 2 rings (SSSR count). The first-order valence-electron chi connectivity index (χ1n) is 7.32. The van der Waals surface area contributed by atoms with Gasteiger partial charge >= 0.3 is 0 Å². The van der Waals surface area contributed by atoms with Crippen molar-refractivity contribution in [3.8, 4) is 5.75 Å². The molecule has 106 valence electrons. The summed E-state index contributed by atoms with van der Waals surface area (Å²) in [6, 6.07) is 8.55. The van der Waals surface area contributed by atoms with Crippen LogP contribution in [-0.2, 0) is 4.74 Å². The molecule has 0 aromatic heterocycles. The van der Waals surface area contributed by atoms with Crippen LogP contribution in [0, 0.1) is 0 Å². The van der Waals surface area contributed by atoms with E-state index < -0.39 is 0 Å². The van der Waals surface area contributed by atoms with Crippen molar-refractivity contribution in [1.82, 2.24) is 4.90 Å². The normalized spacial score (nSPS) is 26.3. The average Bonchev–Trinajstić information content (AvgIpc) is 2.42. The lowest BCUT2D eigenvalue weighted by atomic mass is 9.98. The van der Waals surface area contributed by atoms with Crippen LogP contribution in [0.5, 0.6) is 5.75 Å². The molecule has 1 saturated heterocycles. The molecule has 1 heterocycles. The van der Waals surface area contributed by atoms with E-state index in [1.165, 1.54) is 5.56 Å². The van der Waals surface area contributed by atoms with Gasteiger partial charge in [-0.1, -0.05) is 26.0 Å².